The number of aryl methyl sites for hydroxylation is 1. The fraction of sp³-hybridized carbons (Fsp3) is 0.514. The first-order valence-electron chi connectivity index (χ1n) is 15.6. The van der Waals surface area contributed by atoms with Crippen LogP contribution in [0.5, 0.6) is 11.5 Å². The largest absolute Gasteiger partial charge is 0.493 e. The molecule has 2 aromatic rings. The molecule has 1 aliphatic heterocycles. The molecule has 0 aliphatic carbocycles. The van der Waals surface area contributed by atoms with E-state index in [1.807, 2.05) is 37.3 Å². The summed E-state index contributed by atoms with van der Waals surface area (Å²) < 4.78 is 10.8. The van der Waals surface area contributed by atoms with Crippen LogP contribution in [0.1, 0.15) is 89.2 Å². The Morgan fingerprint density at radius 2 is 1.73 bits per heavy atom. The van der Waals surface area contributed by atoms with Gasteiger partial charge in [0.1, 0.15) is 0 Å². The summed E-state index contributed by atoms with van der Waals surface area (Å²) in [4.78, 5) is 65.1. The fourth-order valence-corrected chi connectivity index (χ4v) is 5.55. The topological polar surface area (TPSA) is 139 Å². The van der Waals surface area contributed by atoms with E-state index in [9.17, 15) is 24.0 Å². The quantitative estimate of drug-likeness (QED) is 0.232. The van der Waals surface area contributed by atoms with Crippen molar-refractivity contribution in [1.29, 1.82) is 0 Å². The minimum atomic E-state index is -1.05. The van der Waals surface area contributed by atoms with Crippen LogP contribution in [0, 0.1) is 5.41 Å². The number of ether oxygens (including phenoxy) is 2. The van der Waals surface area contributed by atoms with Crippen molar-refractivity contribution in [1.82, 2.24) is 4.90 Å². The van der Waals surface area contributed by atoms with Gasteiger partial charge in [-0.15, -0.1) is 0 Å². The second-order valence-corrected chi connectivity index (χ2v) is 12.2. The maximum Gasteiger partial charge on any atom is 0.303 e. The molecule has 0 radical (unpaired) electrons. The van der Waals surface area contributed by atoms with Crippen LogP contribution in [0.4, 0.5) is 5.69 Å². The van der Waals surface area contributed by atoms with Gasteiger partial charge in [-0.1, -0.05) is 39.0 Å². The highest BCUT2D eigenvalue weighted by molar-refractivity contribution is 6.38. The zero-order valence-corrected chi connectivity index (χ0v) is 27.0. The third-order valence-corrected chi connectivity index (χ3v) is 8.71. The molecule has 2 amide bonds. The molecule has 1 fully saturated rings. The number of hydrogen-bond donors (Lipinski definition) is 2. The number of amides is 2. The van der Waals surface area contributed by atoms with Gasteiger partial charge in [-0.2, -0.15) is 0 Å². The number of piperidine rings is 1. The molecule has 1 saturated heterocycles. The van der Waals surface area contributed by atoms with Gasteiger partial charge >= 0.3 is 5.97 Å². The molecule has 0 bridgehead atoms. The lowest BCUT2D eigenvalue weighted by atomic mass is 9.82. The Morgan fingerprint density at radius 1 is 1.00 bits per heavy atom. The van der Waals surface area contributed by atoms with Crippen molar-refractivity contribution < 1.29 is 38.6 Å². The predicted molar refractivity (Wildman–Crippen MR) is 171 cm³/mol. The molecule has 1 unspecified atom stereocenters. The molecule has 244 valence electrons. The van der Waals surface area contributed by atoms with Crippen molar-refractivity contribution in [2.45, 2.75) is 90.5 Å². The molecule has 1 heterocycles. The van der Waals surface area contributed by atoms with Crippen molar-refractivity contribution in [3.63, 3.8) is 0 Å². The smallest absolute Gasteiger partial charge is 0.303 e. The summed E-state index contributed by atoms with van der Waals surface area (Å²) in [6.07, 6.45) is 3.47. The first kappa shape index (κ1) is 35.3. The number of benzene rings is 2. The van der Waals surface area contributed by atoms with E-state index < -0.39 is 35.0 Å². The van der Waals surface area contributed by atoms with Crippen LogP contribution in [-0.4, -0.2) is 66.2 Å². The number of likely N-dealkylation sites (tertiary alicyclic amines) is 1. The molecule has 0 spiro atoms. The van der Waals surface area contributed by atoms with E-state index in [1.54, 1.807) is 40.2 Å². The number of aliphatic carboxylic acids is 1. The highest BCUT2D eigenvalue weighted by atomic mass is 16.5. The monoisotopic (exact) mass is 622 g/mol. The number of carbonyl (C=O) groups is 5. The molecule has 2 N–H and O–H groups in total. The number of methoxy groups -OCH3 is 2. The van der Waals surface area contributed by atoms with E-state index in [1.165, 1.54) is 4.90 Å². The molecule has 0 saturated carbocycles. The number of rotatable bonds is 16. The number of anilines is 1. The number of ketones is 2. The molecule has 0 aromatic heterocycles. The van der Waals surface area contributed by atoms with Crippen molar-refractivity contribution in [3.8, 4) is 11.5 Å². The summed E-state index contributed by atoms with van der Waals surface area (Å²) in [5, 5.41) is 11.7. The summed E-state index contributed by atoms with van der Waals surface area (Å²) in [5.74, 6) is -1.67. The Morgan fingerprint density at radius 3 is 2.40 bits per heavy atom. The SMILES string of the molecule is CCC(C)(C)C(=O)C(=O)N1CCCCC1C(=O)C[C@H](CCc1ccc(OC)c(OC)c1)c1cccc(NC(=O)CCC(=O)O)c1. The Balaban J connectivity index is 1.88. The van der Waals surface area contributed by atoms with Gasteiger partial charge in [-0.05, 0) is 79.8 Å². The molecule has 2 aromatic carbocycles. The predicted octanol–water partition coefficient (Wildman–Crippen LogP) is 5.57. The zero-order chi connectivity index (χ0) is 33.1. The van der Waals surface area contributed by atoms with Gasteiger partial charge in [-0.25, -0.2) is 0 Å². The lowest BCUT2D eigenvalue weighted by Gasteiger charge is -2.36. The number of carboxylic acid groups (broad SMARTS) is 1. The first-order valence-corrected chi connectivity index (χ1v) is 15.6. The second-order valence-electron chi connectivity index (χ2n) is 12.2. The molecule has 2 atom stereocenters. The van der Waals surface area contributed by atoms with Crippen LogP contribution in [0.25, 0.3) is 0 Å². The molecule has 1 aliphatic rings. The maximum atomic E-state index is 14.0. The van der Waals surface area contributed by atoms with E-state index >= 15 is 0 Å². The molecule has 3 rings (SSSR count). The standard InChI is InChI=1S/C35H46N2O8/c1-6-35(2,3)33(42)34(43)37-19-8-7-12-27(37)28(38)22-25(15-13-23-14-16-29(44-4)30(20-23)45-5)24-10-9-11-26(21-24)36-31(39)17-18-32(40)41/h9-11,14,16,20-21,25,27H,6-8,12-13,15,17-19,22H2,1-5H3,(H,36,39)(H,40,41)/t25-,27?/m0/s1. The van der Waals surface area contributed by atoms with Gasteiger partial charge in [0.25, 0.3) is 5.91 Å². The van der Waals surface area contributed by atoms with Gasteiger partial charge in [0.15, 0.2) is 17.3 Å². The van der Waals surface area contributed by atoms with Crippen molar-refractivity contribution in [2.24, 2.45) is 5.41 Å². The second kappa shape index (κ2) is 16.2. The normalized spacial score (nSPS) is 15.6. The third kappa shape index (κ3) is 9.64. The lowest BCUT2D eigenvalue weighted by Crippen LogP contribution is -2.52. The first-order chi connectivity index (χ1) is 21.4. The maximum absolute atomic E-state index is 14.0. The summed E-state index contributed by atoms with van der Waals surface area (Å²) >= 11 is 0. The van der Waals surface area contributed by atoms with Gasteiger partial charge < -0.3 is 24.8 Å². The van der Waals surface area contributed by atoms with Crippen molar-refractivity contribution in [3.05, 3.63) is 53.6 Å². The van der Waals surface area contributed by atoms with Crippen LogP contribution in [0.15, 0.2) is 42.5 Å². The van der Waals surface area contributed by atoms with Crippen LogP contribution in [0.2, 0.25) is 0 Å². The van der Waals surface area contributed by atoms with E-state index in [0.717, 1.165) is 24.0 Å². The number of hydrogen-bond acceptors (Lipinski definition) is 7. The van der Waals surface area contributed by atoms with Crippen LogP contribution in [0.3, 0.4) is 0 Å². The highest BCUT2D eigenvalue weighted by Gasteiger charge is 2.40. The number of carbonyl (C=O) groups excluding carboxylic acids is 4. The number of carboxylic acids is 1. The molecule has 45 heavy (non-hydrogen) atoms. The third-order valence-electron chi connectivity index (χ3n) is 8.71. The average molecular weight is 623 g/mol. The van der Waals surface area contributed by atoms with Crippen molar-refractivity contribution >= 4 is 35.0 Å². The van der Waals surface area contributed by atoms with E-state index in [-0.39, 0.29) is 31.0 Å². The number of nitrogens with one attached hydrogen (secondary N) is 1. The summed E-state index contributed by atoms with van der Waals surface area (Å²) in [6.45, 7) is 5.75. The highest BCUT2D eigenvalue weighted by Crippen LogP contribution is 2.33. The van der Waals surface area contributed by atoms with Crippen LogP contribution < -0.4 is 14.8 Å². The molecule has 10 heteroatoms. The van der Waals surface area contributed by atoms with Crippen LogP contribution in [-0.2, 0) is 30.4 Å². The minimum absolute atomic E-state index is 0.0987. The molecule has 10 nitrogen and oxygen atoms in total. The zero-order valence-electron chi connectivity index (χ0n) is 27.0. The lowest BCUT2D eigenvalue weighted by molar-refractivity contribution is -0.153. The Kier molecular flexibility index (Phi) is 12.7. The minimum Gasteiger partial charge on any atom is -0.493 e. The Labute approximate surface area is 265 Å². The molecular weight excluding hydrogens is 576 g/mol. The van der Waals surface area contributed by atoms with Crippen molar-refractivity contribution in [2.75, 3.05) is 26.1 Å². The number of Topliss-reactive ketones (excluding diaryl/α,β-unsaturated/α-hetero) is 2. The number of nitrogens with zero attached hydrogens (tertiary/aromatic N) is 1. The summed E-state index contributed by atoms with van der Waals surface area (Å²) in [6, 6.07) is 12.2. The summed E-state index contributed by atoms with van der Waals surface area (Å²) in [7, 11) is 3.14. The van der Waals surface area contributed by atoms with E-state index in [2.05, 4.69) is 5.32 Å². The van der Waals surface area contributed by atoms with Crippen LogP contribution >= 0.6 is 0 Å². The Hall–Kier alpha value is -4.21. The Bertz CT molecular complexity index is 1390. The summed E-state index contributed by atoms with van der Waals surface area (Å²) in [5.41, 5.74) is 1.52. The van der Waals surface area contributed by atoms with Gasteiger partial charge in [0.2, 0.25) is 11.7 Å². The van der Waals surface area contributed by atoms with Gasteiger partial charge in [-0.3, -0.25) is 24.0 Å². The average Bonchev–Trinajstić information content (AvgIpc) is 3.04. The van der Waals surface area contributed by atoms with E-state index in [0.29, 0.717) is 49.4 Å². The molecular formula is C35H46N2O8. The fourth-order valence-electron chi connectivity index (χ4n) is 5.55. The van der Waals surface area contributed by atoms with Gasteiger partial charge in [0, 0.05) is 30.5 Å². The van der Waals surface area contributed by atoms with Gasteiger partial charge in [0.05, 0.1) is 26.7 Å². The van der Waals surface area contributed by atoms with E-state index in [4.69, 9.17) is 14.6 Å².